The van der Waals surface area contributed by atoms with Gasteiger partial charge < -0.3 is 5.32 Å². The third kappa shape index (κ3) is 5.76. The fraction of sp³-hybridized carbons (Fsp3) is 0.0455. The van der Waals surface area contributed by atoms with Crippen LogP contribution in [-0.4, -0.2) is 14.3 Å². The number of anilines is 2. The van der Waals surface area contributed by atoms with Gasteiger partial charge in [-0.25, -0.2) is 12.8 Å². The van der Waals surface area contributed by atoms with Crippen molar-refractivity contribution in [2.75, 3.05) is 10.0 Å². The lowest BCUT2D eigenvalue weighted by atomic mass is 10.1. The summed E-state index contributed by atoms with van der Waals surface area (Å²) in [6.07, 6.45) is 1.49. The molecule has 0 saturated carbocycles. The van der Waals surface area contributed by atoms with Crippen molar-refractivity contribution in [2.24, 2.45) is 0 Å². The van der Waals surface area contributed by atoms with Crippen LogP contribution in [-0.2, 0) is 10.0 Å². The van der Waals surface area contributed by atoms with Crippen molar-refractivity contribution in [2.45, 2.75) is 6.92 Å². The summed E-state index contributed by atoms with van der Waals surface area (Å²) in [6.45, 7) is 1.76. The molecule has 2 N–H and O–H groups in total. The summed E-state index contributed by atoms with van der Waals surface area (Å²) < 4.78 is 40.2. The van der Waals surface area contributed by atoms with Crippen LogP contribution >= 0.6 is 0 Å². The van der Waals surface area contributed by atoms with Crippen molar-refractivity contribution in [3.05, 3.63) is 101 Å². The van der Waals surface area contributed by atoms with Crippen LogP contribution in [0, 0.1) is 12.7 Å². The summed E-state index contributed by atoms with van der Waals surface area (Å²) in [5.41, 5.74) is 2.51. The molecule has 29 heavy (non-hydrogen) atoms. The number of aryl methyl sites for hydroxylation is 1. The molecule has 3 aromatic carbocycles. The highest BCUT2D eigenvalue weighted by atomic mass is 32.2. The third-order valence-electron chi connectivity index (χ3n) is 4.09. The Morgan fingerprint density at radius 3 is 2.34 bits per heavy atom. The standard InChI is InChI=1S/C22H19FN2O3S/c1-16-7-10-19(23)15-21(16)24-22(26)18-8-11-20(12-9-18)25-29(27,28)14-13-17-5-3-2-4-6-17/h2-15,25H,1H3,(H,24,26)/b14-13+. The Bertz CT molecular complexity index is 1140. The number of amides is 1. The molecular weight excluding hydrogens is 391 g/mol. The number of halogens is 1. The van der Waals surface area contributed by atoms with Crippen molar-refractivity contribution in [1.29, 1.82) is 0 Å². The van der Waals surface area contributed by atoms with Crippen molar-refractivity contribution in [3.63, 3.8) is 0 Å². The van der Waals surface area contributed by atoms with E-state index in [1.165, 1.54) is 42.5 Å². The average Bonchev–Trinajstić information content (AvgIpc) is 2.70. The molecule has 3 aromatic rings. The Hall–Kier alpha value is -3.45. The number of benzene rings is 3. The van der Waals surface area contributed by atoms with Gasteiger partial charge in [0.2, 0.25) is 0 Å². The zero-order valence-electron chi connectivity index (χ0n) is 15.6. The Kier molecular flexibility index (Phi) is 6.09. The normalized spacial score (nSPS) is 11.4. The van der Waals surface area contributed by atoms with E-state index in [0.29, 0.717) is 16.9 Å². The number of rotatable bonds is 6. The molecule has 148 valence electrons. The van der Waals surface area contributed by atoms with Gasteiger partial charge in [-0.3, -0.25) is 9.52 Å². The molecule has 0 fully saturated rings. The van der Waals surface area contributed by atoms with Gasteiger partial charge in [-0.05, 0) is 60.5 Å². The first kappa shape index (κ1) is 20.3. The first-order chi connectivity index (χ1) is 13.8. The van der Waals surface area contributed by atoms with E-state index in [1.807, 2.05) is 18.2 Å². The van der Waals surface area contributed by atoms with Crippen LogP contribution in [0.3, 0.4) is 0 Å². The van der Waals surface area contributed by atoms with E-state index in [1.54, 1.807) is 25.1 Å². The average molecular weight is 410 g/mol. The predicted molar refractivity (Wildman–Crippen MR) is 114 cm³/mol. The molecule has 0 bridgehead atoms. The molecule has 0 heterocycles. The van der Waals surface area contributed by atoms with Crippen LogP contribution < -0.4 is 10.0 Å². The van der Waals surface area contributed by atoms with Gasteiger partial charge in [-0.1, -0.05) is 36.4 Å². The topological polar surface area (TPSA) is 75.3 Å². The van der Waals surface area contributed by atoms with Gasteiger partial charge in [0.05, 0.1) is 5.41 Å². The molecular formula is C22H19FN2O3S. The van der Waals surface area contributed by atoms with Crippen molar-refractivity contribution in [1.82, 2.24) is 0 Å². The fourth-order valence-corrected chi connectivity index (χ4v) is 3.41. The van der Waals surface area contributed by atoms with Gasteiger partial charge in [0, 0.05) is 16.9 Å². The number of nitrogens with one attached hydrogen (secondary N) is 2. The van der Waals surface area contributed by atoms with Crippen LogP contribution in [0.25, 0.3) is 6.08 Å². The third-order valence-corrected chi connectivity index (χ3v) is 5.11. The first-order valence-electron chi connectivity index (χ1n) is 8.76. The van der Waals surface area contributed by atoms with Crippen LogP contribution in [0.1, 0.15) is 21.5 Å². The molecule has 0 saturated heterocycles. The molecule has 0 unspecified atom stereocenters. The number of carbonyl (C=O) groups is 1. The van der Waals surface area contributed by atoms with Crippen molar-refractivity contribution in [3.8, 4) is 0 Å². The van der Waals surface area contributed by atoms with Gasteiger partial charge >= 0.3 is 0 Å². The number of hydrogen-bond donors (Lipinski definition) is 2. The highest BCUT2D eigenvalue weighted by Gasteiger charge is 2.10. The highest BCUT2D eigenvalue weighted by molar-refractivity contribution is 7.95. The lowest BCUT2D eigenvalue weighted by Crippen LogP contribution is -2.13. The first-order valence-corrected chi connectivity index (χ1v) is 10.3. The Labute approximate surface area is 169 Å². The lowest BCUT2D eigenvalue weighted by molar-refractivity contribution is 0.102. The van der Waals surface area contributed by atoms with Crippen LogP contribution in [0.4, 0.5) is 15.8 Å². The van der Waals surface area contributed by atoms with E-state index >= 15 is 0 Å². The van der Waals surface area contributed by atoms with Crippen LogP contribution in [0.15, 0.2) is 78.2 Å². The van der Waals surface area contributed by atoms with Crippen molar-refractivity contribution >= 4 is 33.4 Å². The van der Waals surface area contributed by atoms with E-state index in [0.717, 1.165) is 16.5 Å². The SMILES string of the molecule is Cc1ccc(F)cc1NC(=O)c1ccc(NS(=O)(=O)/C=C/c2ccccc2)cc1. The van der Waals surface area contributed by atoms with E-state index in [2.05, 4.69) is 10.0 Å². The van der Waals surface area contributed by atoms with E-state index in [9.17, 15) is 17.6 Å². The minimum Gasteiger partial charge on any atom is -0.322 e. The van der Waals surface area contributed by atoms with E-state index < -0.39 is 21.7 Å². The molecule has 0 spiro atoms. The van der Waals surface area contributed by atoms with Gasteiger partial charge in [0.25, 0.3) is 15.9 Å². The largest absolute Gasteiger partial charge is 0.322 e. The Morgan fingerprint density at radius 1 is 0.966 bits per heavy atom. The second-order valence-corrected chi connectivity index (χ2v) is 7.92. The maximum absolute atomic E-state index is 13.4. The minimum absolute atomic E-state index is 0.316. The Balaban J connectivity index is 1.67. The molecule has 7 heteroatoms. The monoisotopic (exact) mass is 410 g/mol. The maximum atomic E-state index is 13.4. The maximum Gasteiger partial charge on any atom is 0.255 e. The fourth-order valence-electron chi connectivity index (χ4n) is 2.54. The molecule has 0 atom stereocenters. The molecule has 3 rings (SSSR count). The predicted octanol–water partition coefficient (Wildman–Crippen LogP) is 4.80. The molecule has 1 amide bonds. The highest BCUT2D eigenvalue weighted by Crippen LogP contribution is 2.18. The quantitative estimate of drug-likeness (QED) is 0.613. The molecule has 0 aliphatic heterocycles. The summed E-state index contributed by atoms with van der Waals surface area (Å²) in [5.74, 6) is -0.865. The lowest BCUT2D eigenvalue weighted by Gasteiger charge is -2.09. The number of carbonyl (C=O) groups excluding carboxylic acids is 1. The van der Waals surface area contributed by atoms with Gasteiger partial charge in [-0.2, -0.15) is 0 Å². The van der Waals surface area contributed by atoms with E-state index in [-0.39, 0.29) is 0 Å². The zero-order valence-corrected chi connectivity index (χ0v) is 16.4. The Morgan fingerprint density at radius 2 is 1.66 bits per heavy atom. The molecule has 0 aliphatic carbocycles. The minimum atomic E-state index is -3.70. The smallest absolute Gasteiger partial charge is 0.255 e. The molecule has 0 aromatic heterocycles. The second kappa shape index (κ2) is 8.70. The molecule has 5 nitrogen and oxygen atoms in total. The number of sulfonamides is 1. The summed E-state index contributed by atoms with van der Waals surface area (Å²) in [4.78, 5) is 12.4. The summed E-state index contributed by atoms with van der Waals surface area (Å²) in [6, 6.07) is 19.1. The van der Waals surface area contributed by atoms with Gasteiger partial charge in [0.15, 0.2) is 0 Å². The van der Waals surface area contributed by atoms with Gasteiger partial charge in [0.1, 0.15) is 5.82 Å². The van der Waals surface area contributed by atoms with Gasteiger partial charge in [-0.15, -0.1) is 0 Å². The summed E-state index contributed by atoms with van der Waals surface area (Å²) in [5, 5.41) is 3.72. The zero-order chi connectivity index (χ0) is 20.9. The van der Waals surface area contributed by atoms with E-state index in [4.69, 9.17) is 0 Å². The summed E-state index contributed by atoms with van der Waals surface area (Å²) >= 11 is 0. The van der Waals surface area contributed by atoms with Crippen LogP contribution in [0.2, 0.25) is 0 Å². The van der Waals surface area contributed by atoms with Crippen molar-refractivity contribution < 1.29 is 17.6 Å². The molecule has 0 radical (unpaired) electrons. The second-order valence-electron chi connectivity index (χ2n) is 6.35. The van der Waals surface area contributed by atoms with Crippen LogP contribution in [0.5, 0.6) is 0 Å². The number of hydrogen-bond acceptors (Lipinski definition) is 3. The summed E-state index contributed by atoms with van der Waals surface area (Å²) in [7, 11) is -3.70. The molecule has 0 aliphatic rings.